The summed E-state index contributed by atoms with van der Waals surface area (Å²) in [5.74, 6) is -0.202. The number of carboxylic acids is 1. The molecule has 25 heavy (non-hydrogen) atoms. The molecule has 2 heterocycles. The number of carboxylic acid groups (broad SMARTS) is 1. The molecule has 8 heteroatoms. The van der Waals surface area contributed by atoms with Crippen LogP contribution in [0.1, 0.15) is 30.7 Å². The monoisotopic (exact) mass is 369 g/mol. The van der Waals surface area contributed by atoms with Gasteiger partial charge in [0.2, 0.25) is 11.7 Å². The van der Waals surface area contributed by atoms with Gasteiger partial charge in [-0.2, -0.15) is 4.98 Å². The van der Waals surface area contributed by atoms with Crippen LogP contribution in [0.25, 0.3) is 11.4 Å². The maximum Gasteiger partial charge on any atom is 0.320 e. The molecule has 1 saturated heterocycles. The molecule has 0 radical (unpaired) electrons. The van der Waals surface area contributed by atoms with Gasteiger partial charge < -0.3 is 9.63 Å². The van der Waals surface area contributed by atoms with Gasteiger partial charge in [-0.1, -0.05) is 17.3 Å². The number of aromatic nitrogens is 2. The summed E-state index contributed by atoms with van der Waals surface area (Å²) in [5, 5.41) is 13.0. The molecular formula is C17H21ClFN3O3. The van der Waals surface area contributed by atoms with Gasteiger partial charge in [-0.25, -0.2) is 4.39 Å². The second kappa shape index (κ2) is 8.40. The summed E-state index contributed by atoms with van der Waals surface area (Å²) >= 11 is 0. The van der Waals surface area contributed by atoms with E-state index in [1.165, 1.54) is 6.07 Å². The third kappa shape index (κ3) is 4.55. The first-order chi connectivity index (χ1) is 11.5. The van der Waals surface area contributed by atoms with E-state index in [2.05, 4.69) is 10.1 Å². The zero-order valence-corrected chi connectivity index (χ0v) is 14.8. The number of aryl methyl sites for hydroxylation is 2. The number of benzene rings is 1. The van der Waals surface area contributed by atoms with Gasteiger partial charge in [0, 0.05) is 12.0 Å². The molecule has 3 rings (SSSR count). The molecule has 1 aromatic carbocycles. The van der Waals surface area contributed by atoms with Crippen molar-refractivity contribution >= 4 is 18.4 Å². The Morgan fingerprint density at radius 3 is 3.00 bits per heavy atom. The summed E-state index contributed by atoms with van der Waals surface area (Å²) in [7, 11) is 0. The second-order valence-electron chi connectivity index (χ2n) is 6.11. The molecule has 0 aliphatic carbocycles. The summed E-state index contributed by atoms with van der Waals surface area (Å²) < 4.78 is 18.8. The van der Waals surface area contributed by atoms with E-state index in [-0.39, 0.29) is 24.3 Å². The first kappa shape index (κ1) is 19.3. The molecule has 1 aromatic heterocycles. The van der Waals surface area contributed by atoms with E-state index in [0.29, 0.717) is 42.2 Å². The molecule has 1 fully saturated rings. The third-order valence-electron chi connectivity index (χ3n) is 4.38. The number of carbonyl (C=O) groups is 1. The van der Waals surface area contributed by atoms with E-state index in [0.717, 1.165) is 19.4 Å². The minimum absolute atomic E-state index is 0. The Labute approximate surface area is 151 Å². The molecule has 0 saturated carbocycles. The number of rotatable bonds is 6. The highest BCUT2D eigenvalue weighted by Gasteiger charge is 2.29. The van der Waals surface area contributed by atoms with Crippen molar-refractivity contribution < 1.29 is 18.8 Å². The van der Waals surface area contributed by atoms with Gasteiger partial charge >= 0.3 is 5.97 Å². The highest BCUT2D eigenvalue weighted by molar-refractivity contribution is 5.85. The van der Waals surface area contributed by atoms with E-state index < -0.39 is 5.97 Å². The first-order valence-electron chi connectivity index (χ1n) is 8.10. The maximum absolute atomic E-state index is 13.6. The summed E-state index contributed by atoms with van der Waals surface area (Å²) in [6.45, 7) is 3.20. The van der Waals surface area contributed by atoms with Crippen LogP contribution in [0.5, 0.6) is 0 Å². The number of halogens is 2. The van der Waals surface area contributed by atoms with Crippen molar-refractivity contribution in [3.63, 3.8) is 0 Å². The molecule has 0 spiro atoms. The molecule has 136 valence electrons. The fraction of sp³-hybridized carbons (Fsp3) is 0.471. The predicted molar refractivity (Wildman–Crippen MR) is 92.2 cm³/mol. The summed E-state index contributed by atoms with van der Waals surface area (Å²) in [4.78, 5) is 17.4. The van der Waals surface area contributed by atoms with Crippen molar-refractivity contribution in [1.29, 1.82) is 0 Å². The Morgan fingerprint density at radius 1 is 1.48 bits per heavy atom. The van der Waals surface area contributed by atoms with Crippen LogP contribution in [0.3, 0.4) is 0 Å². The first-order valence-corrected chi connectivity index (χ1v) is 8.10. The SMILES string of the molecule is Cc1ccc(-c2noc(CCCN3CCC[C@@H]3C(=O)O)n2)cc1F.Cl. The smallest absolute Gasteiger partial charge is 0.320 e. The van der Waals surface area contributed by atoms with E-state index in [1.54, 1.807) is 19.1 Å². The van der Waals surface area contributed by atoms with Crippen molar-refractivity contribution in [2.24, 2.45) is 0 Å². The van der Waals surface area contributed by atoms with Crippen LogP contribution in [0.2, 0.25) is 0 Å². The van der Waals surface area contributed by atoms with E-state index >= 15 is 0 Å². The molecule has 0 unspecified atom stereocenters. The average Bonchev–Trinajstić information content (AvgIpc) is 3.19. The normalized spacial score (nSPS) is 17.4. The molecule has 2 aromatic rings. The molecule has 1 atom stereocenters. The lowest BCUT2D eigenvalue weighted by atomic mass is 10.1. The van der Waals surface area contributed by atoms with Gasteiger partial charge in [-0.05, 0) is 50.9 Å². The Bertz CT molecular complexity index is 738. The van der Waals surface area contributed by atoms with Gasteiger partial charge in [0.15, 0.2) is 0 Å². The largest absolute Gasteiger partial charge is 0.480 e. The molecule has 6 nitrogen and oxygen atoms in total. The third-order valence-corrected chi connectivity index (χ3v) is 4.38. The zero-order valence-electron chi connectivity index (χ0n) is 13.9. The lowest BCUT2D eigenvalue weighted by Gasteiger charge is -2.20. The summed E-state index contributed by atoms with van der Waals surface area (Å²) in [5.41, 5.74) is 1.15. The van der Waals surface area contributed by atoms with Crippen LogP contribution < -0.4 is 0 Å². The van der Waals surface area contributed by atoms with E-state index in [4.69, 9.17) is 9.63 Å². The summed E-state index contributed by atoms with van der Waals surface area (Å²) in [6, 6.07) is 4.46. The minimum Gasteiger partial charge on any atom is -0.480 e. The van der Waals surface area contributed by atoms with Crippen molar-refractivity contribution in [3.8, 4) is 11.4 Å². The lowest BCUT2D eigenvalue weighted by Crippen LogP contribution is -2.36. The van der Waals surface area contributed by atoms with Gasteiger partial charge in [0.05, 0.1) is 0 Å². The van der Waals surface area contributed by atoms with Gasteiger partial charge in [-0.3, -0.25) is 9.69 Å². The Balaban J connectivity index is 0.00000225. The van der Waals surface area contributed by atoms with Crippen LogP contribution in [0, 0.1) is 12.7 Å². The van der Waals surface area contributed by atoms with Crippen molar-refractivity contribution in [1.82, 2.24) is 15.0 Å². The quantitative estimate of drug-likeness (QED) is 0.842. The zero-order chi connectivity index (χ0) is 17.1. The van der Waals surface area contributed by atoms with Gasteiger partial charge in [0.25, 0.3) is 0 Å². The van der Waals surface area contributed by atoms with Crippen molar-refractivity contribution in [2.75, 3.05) is 13.1 Å². The van der Waals surface area contributed by atoms with Crippen molar-refractivity contribution in [2.45, 2.75) is 38.6 Å². The van der Waals surface area contributed by atoms with Crippen molar-refractivity contribution in [3.05, 3.63) is 35.5 Å². The van der Waals surface area contributed by atoms with Crippen LogP contribution in [0.4, 0.5) is 4.39 Å². The Hall–Kier alpha value is -1.99. The van der Waals surface area contributed by atoms with E-state index in [9.17, 15) is 9.18 Å². The number of hydrogen-bond donors (Lipinski definition) is 1. The summed E-state index contributed by atoms with van der Waals surface area (Å²) in [6.07, 6.45) is 2.94. The molecule has 0 amide bonds. The van der Waals surface area contributed by atoms with Gasteiger partial charge in [0.1, 0.15) is 11.9 Å². The number of aliphatic carboxylic acids is 1. The van der Waals surface area contributed by atoms with Crippen LogP contribution in [-0.2, 0) is 11.2 Å². The molecule has 1 N–H and O–H groups in total. The standard InChI is InChI=1S/C17H20FN3O3.ClH/c1-11-6-7-12(10-13(11)18)16-19-15(24-20-16)5-3-9-21-8-2-4-14(21)17(22)23;/h6-7,10,14H,2-5,8-9H2,1H3,(H,22,23);1H/t14-;/m1./s1. The minimum atomic E-state index is -0.756. The van der Waals surface area contributed by atoms with Crippen LogP contribution in [0.15, 0.2) is 22.7 Å². The number of hydrogen-bond acceptors (Lipinski definition) is 5. The molecule has 1 aliphatic rings. The Kier molecular flexibility index (Phi) is 6.50. The van der Waals surface area contributed by atoms with Gasteiger partial charge in [-0.15, -0.1) is 12.4 Å². The Morgan fingerprint density at radius 2 is 2.28 bits per heavy atom. The van der Waals surface area contributed by atoms with E-state index in [1.807, 2.05) is 4.90 Å². The predicted octanol–water partition coefficient (Wildman–Crippen LogP) is 3.09. The second-order valence-corrected chi connectivity index (χ2v) is 6.11. The highest BCUT2D eigenvalue weighted by Crippen LogP contribution is 2.20. The van der Waals surface area contributed by atoms with Crippen LogP contribution in [-0.4, -0.2) is 45.2 Å². The average molecular weight is 370 g/mol. The molecular weight excluding hydrogens is 349 g/mol. The maximum atomic E-state index is 13.6. The molecule has 1 aliphatic heterocycles. The fourth-order valence-corrected chi connectivity index (χ4v) is 3.01. The fourth-order valence-electron chi connectivity index (χ4n) is 3.01. The van der Waals surface area contributed by atoms with Crippen LogP contribution >= 0.6 is 12.4 Å². The lowest BCUT2D eigenvalue weighted by molar-refractivity contribution is -0.142. The number of likely N-dealkylation sites (tertiary alicyclic amines) is 1. The highest BCUT2D eigenvalue weighted by atomic mass is 35.5. The topological polar surface area (TPSA) is 79.5 Å². The molecule has 0 bridgehead atoms. The number of nitrogens with zero attached hydrogens (tertiary/aromatic N) is 3.